The van der Waals surface area contributed by atoms with Crippen molar-refractivity contribution in [3.8, 4) is 5.75 Å². The first-order valence-corrected chi connectivity index (χ1v) is 4.95. The van der Waals surface area contributed by atoms with Gasteiger partial charge in [-0.25, -0.2) is 0 Å². The summed E-state index contributed by atoms with van der Waals surface area (Å²) in [7, 11) is 1.60. The minimum absolute atomic E-state index is 0.419. The van der Waals surface area contributed by atoms with Crippen LogP contribution in [0.4, 0.5) is 0 Å². The van der Waals surface area contributed by atoms with Gasteiger partial charge in [-0.1, -0.05) is 19.8 Å². The fraction of sp³-hybridized carbons (Fsp3) is 0.545. The molecular formula is C11H17NO2. The van der Waals surface area contributed by atoms with Gasteiger partial charge in [0.1, 0.15) is 5.75 Å². The molecular weight excluding hydrogens is 178 g/mol. The Kier molecular flexibility index (Phi) is 4.40. The van der Waals surface area contributed by atoms with Crippen molar-refractivity contribution in [2.45, 2.75) is 32.3 Å². The molecule has 0 saturated heterocycles. The predicted octanol–water partition coefficient (Wildman–Crippen LogP) is 2.31. The third-order valence-electron chi connectivity index (χ3n) is 2.19. The quantitative estimate of drug-likeness (QED) is 0.784. The predicted molar refractivity (Wildman–Crippen MR) is 55.3 cm³/mol. The number of hydrogen-bond acceptors (Lipinski definition) is 3. The minimum Gasteiger partial charge on any atom is -0.495 e. The molecule has 0 aliphatic heterocycles. The Morgan fingerprint density at radius 3 is 2.93 bits per heavy atom. The first kappa shape index (κ1) is 11.0. The fourth-order valence-electron chi connectivity index (χ4n) is 1.29. The number of methoxy groups -OCH3 is 1. The molecule has 0 radical (unpaired) electrons. The molecule has 0 saturated carbocycles. The third kappa shape index (κ3) is 3.00. The number of aliphatic hydroxyl groups excluding tert-OH is 1. The lowest BCUT2D eigenvalue weighted by molar-refractivity contribution is 0.163. The summed E-state index contributed by atoms with van der Waals surface area (Å²) in [6.45, 7) is 2.11. The van der Waals surface area contributed by atoms with Gasteiger partial charge in [0.25, 0.3) is 0 Å². The molecule has 1 aromatic heterocycles. The molecule has 0 aliphatic carbocycles. The van der Waals surface area contributed by atoms with Crippen LogP contribution in [0.15, 0.2) is 18.5 Å². The van der Waals surface area contributed by atoms with Crippen LogP contribution in [0.25, 0.3) is 0 Å². The summed E-state index contributed by atoms with van der Waals surface area (Å²) >= 11 is 0. The number of rotatable bonds is 5. The molecule has 1 N–H and O–H groups in total. The van der Waals surface area contributed by atoms with Gasteiger partial charge in [-0.05, 0) is 12.5 Å². The van der Waals surface area contributed by atoms with E-state index in [4.69, 9.17) is 4.74 Å². The Labute approximate surface area is 84.7 Å². The van der Waals surface area contributed by atoms with Gasteiger partial charge in [0, 0.05) is 11.8 Å². The van der Waals surface area contributed by atoms with Crippen LogP contribution in [0, 0.1) is 0 Å². The molecule has 0 aliphatic rings. The molecule has 78 valence electrons. The second kappa shape index (κ2) is 5.60. The van der Waals surface area contributed by atoms with Crippen LogP contribution in [0.1, 0.15) is 37.9 Å². The molecule has 0 bridgehead atoms. The van der Waals surface area contributed by atoms with Gasteiger partial charge in [0.05, 0.1) is 19.4 Å². The van der Waals surface area contributed by atoms with Gasteiger partial charge in [-0.15, -0.1) is 0 Å². The van der Waals surface area contributed by atoms with Crippen molar-refractivity contribution in [3.63, 3.8) is 0 Å². The summed E-state index contributed by atoms with van der Waals surface area (Å²) in [5.41, 5.74) is 0.831. The van der Waals surface area contributed by atoms with Crippen molar-refractivity contribution >= 4 is 0 Å². The normalized spacial score (nSPS) is 12.5. The topological polar surface area (TPSA) is 42.4 Å². The Morgan fingerprint density at radius 2 is 2.29 bits per heavy atom. The standard InChI is InChI=1S/C11H17NO2/c1-3-4-5-11(13)9-6-10(14-2)8-12-7-9/h6-8,11,13H,3-5H2,1-2H3. The van der Waals surface area contributed by atoms with E-state index >= 15 is 0 Å². The number of unbranched alkanes of at least 4 members (excludes halogenated alkanes) is 1. The maximum absolute atomic E-state index is 9.78. The van der Waals surface area contributed by atoms with Crippen molar-refractivity contribution in [1.82, 2.24) is 4.98 Å². The summed E-state index contributed by atoms with van der Waals surface area (Å²) < 4.78 is 5.04. The van der Waals surface area contributed by atoms with Crippen molar-refractivity contribution < 1.29 is 9.84 Å². The molecule has 3 nitrogen and oxygen atoms in total. The lowest BCUT2D eigenvalue weighted by atomic mass is 10.1. The summed E-state index contributed by atoms with van der Waals surface area (Å²) in [6, 6.07) is 1.83. The first-order chi connectivity index (χ1) is 6.77. The number of hydrogen-bond donors (Lipinski definition) is 1. The van der Waals surface area contributed by atoms with Crippen LogP contribution >= 0.6 is 0 Å². The molecule has 1 heterocycles. The zero-order valence-corrected chi connectivity index (χ0v) is 8.73. The SMILES string of the molecule is CCCCC(O)c1cncc(OC)c1. The minimum atomic E-state index is -0.419. The highest BCUT2D eigenvalue weighted by Crippen LogP contribution is 2.21. The van der Waals surface area contributed by atoms with E-state index in [1.165, 1.54) is 0 Å². The summed E-state index contributed by atoms with van der Waals surface area (Å²) in [5.74, 6) is 0.693. The fourth-order valence-corrected chi connectivity index (χ4v) is 1.29. The van der Waals surface area contributed by atoms with E-state index in [1.54, 1.807) is 19.5 Å². The van der Waals surface area contributed by atoms with Crippen molar-refractivity contribution in [1.29, 1.82) is 0 Å². The molecule has 0 spiro atoms. The van der Waals surface area contributed by atoms with Gasteiger partial charge in [0.2, 0.25) is 0 Å². The summed E-state index contributed by atoms with van der Waals surface area (Å²) in [6.07, 6.45) is 5.80. The number of aromatic nitrogens is 1. The molecule has 0 aromatic carbocycles. The van der Waals surface area contributed by atoms with Gasteiger partial charge in [-0.2, -0.15) is 0 Å². The zero-order valence-electron chi connectivity index (χ0n) is 8.73. The Morgan fingerprint density at radius 1 is 1.50 bits per heavy atom. The van der Waals surface area contributed by atoms with Crippen molar-refractivity contribution in [3.05, 3.63) is 24.0 Å². The number of ether oxygens (including phenoxy) is 1. The van der Waals surface area contributed by atoms with Crippen LogP contribution in [0.2, 0.25) is 0 Å². The van der Waals surface area contributed by atoms with Crippen LogP contribution in [-0.4, -0.2) is 17.2 Å². The highest BCUT2D eigenvalue weighted by atomic mass is 16.5. The summed E-state index contributed by atoms with van der Waals surface area (Å²) in [4.78, 5) is 4.00. The van der Waals surface area contributed by atoms with Gasteiger partial charge < -0.3 is 9.84 Å². The lowest BCUT2D eigenvalue weighted by Gasteiger charge is -2.10. The van der Waals surface area contributed by atoms with E-state index in [0.29, 0.717) is 5.75 Å². The molecule has 1 atom stereocenters. The molecule has 0 fully saturated rings. The monoisotopic (exact) mass is 195 g/mol. The number of nitrogens with zero attached hydrogens (tertiary/aromatic N) is 1. The number of pyridine rings is 1. The average Bonchev–Trinajstić information content (AvgIpc) is 2.26. The lowest BCUT2D eigenvalue weighted by Crippen LogP contribution is -1.98. The largest absolute Gasteiger partial charge is 0.495 e. The highest BCUT2D eigenvalue weighted by Gasteiger charge is 2.07. The Hall–Kier alpha value is -1.09. The Balaban J connectivity index is 2.64. The molecule has 1 rings (SSSR count). The maximum atomic E-state index is 9.78. The maximum Gasteiger partial charge on any atom is 0.137 e. The van der Waals surface area contributed by atoms with E-state index in [-0.39, 0.29) is 0 Å². The van der Waals surface area contributed by atoms with Crippen LogP contribution < -0.4 is 4.74 Å². The third-order valence-corrected chi connectivity index (χ3v) is 2.19. The molecule has 1 aromatic rings. The van der Waals surface area contributed by atoms with Crippen LogP contribution in [0.5, 0.6) is 5.75 Å². The highest BCUT2D eigenvalue weighted by molar-refractivity contribution is 5.24. The second-order valence-corrected chi connectivity index (χ2v) is 3.32. The second-order valence-electron chi connectivity index (χ2n) is 3.32. The molecule has 1 unspecified atom stereocenters. The van der Waals surface area contributed by atoms with E-state index in [1.807, 2.05) is 6.07 Å². The van der Waals surface area contributed by atoms with Crippen LogP contribution in [0.3, 0.4) is 0 Å². The molecule has 14 heavy (non-hydrogen) atoms. The first-order valence-electron chi connectivity index (χ1n) is 4.95. The molecule has 0 amide bonds. The average molecular weight is 195 g/mol. The van der Waals surface area contributed by atoms with Crippen LogP contribution in [-0.2, 0) is 0 Å². The van der Waals surface area contributed by atoms with E-state index in [9.17, 15) is 5.11 Å². The molecule has 3 heteroatoms. The van der Waals surface area contributed by atoms with E-state index in [0.717, 1.165) is 24.8 Å². The Bertz CT molecular complexity index is 276. The number of aliphatic hydroxyl groups is 1. The van der Waals surface area contributed by atoms with Gasteiger partial charge in [-0.3, -0.25) is 4.98 Å². The smallest absolute Gasteiger partial charge is 0.137 e. The van der Waals surface area contributed by atoms with Gasteiger partial charge >= 0.3 is 0 Å². The zero-order chi connectivity index (χ0) is 10.4. The van der Waals surface area contributed by atoms with Crippen molar-refractivity contribution in [2.75, 3.05) is 7.11 Å². The van der Waals surface area contributed by atoms with E-state index in [2.05, 4.69) is 11.9 Å². The van der Waals surface area contributed by atoms with Gasteiger partial charge in [0.15, 0.2) is 0 Å². The van der Waals surface area contributed by atoms with E-state index < -0.39 is 6.10 Å². The summed E-state index contributed by atoms with van der Waals surface area (Å²) in [5, 5.41) is 9.78. The van der Waals surface area contributed by atoms with Crippen molar-refractivity contribution in [2.24, 2.45) is 0 Å².